The molecule has 1 N–H and O–H groups in total. The average molecular weight is 440 g/mol. The third-order valence-corrected chi connectivity index (χ3v) is 7.22. The van der Waals surface area contributed by atoms with Crippen LogP contribution in [0.4, 0.5) is 5.69 Å². The van der Waals surface area contributed by atoms with E-state index in [9.17, 15) is 8.42 Å². The van der Waals surface area contributed by atoms with Crippen LogP contribution in [0, 0.1) is 0 Å². The Labute approximate surface area is 184 Å². The first-order valence-electron chi connectivity index (χ1n) is 10.6. The highest BCUT2D eigenvalue weighted by Crippen LogP contribution is 2.22. The fourth-order valence-corrected chi connectivity index (χ4v) is 5.07. The van der Waals surface area contributed by atoms with Crippen LogP contribution in [0.1, 0.15) is 6.42 Å². The second-order valence-corrected chi connectivity index (χ2v) is 9.56. The third kappa shape index (κ3) is 5.36. The molecule has 1 aliphatic heterocycles. The van der Waals surface area contributed by atoms with E-state index in [4.69, 9.17) is 4.74 Å². The van der Waals surface area contributed by atoms with Crippen LogP contribution in [0.5, 0.6) is 5.75 Å². The van der Waals surface area contributed by atoms with E-state index in [1.54, 1.807) is 19.2 Å². The summed E-state index contributed by atoms with van der Waals surface area (Å²) in [4.78, 5) is 5.07. The van der Waals surface area contributed by atoms with E-state index in [-0.39, 0.29) is 0 Å². The van der Waals surface area contributed by atoms with E-state index < -0.39 is 10.0 Å². The van der Waals surface area contributed by atoms with E-state index in [1.165, 1.54) is 5.69 Å². The van der Waals surface area contributed by atoms with Crippen LogP contribution in [-0.4, -0.2) is 59.7 Å². The maximum atomic E-state index is 12.6. The fourth-order valence-electron chi connectivity index (χ4n) is 3.96. The van der Waals surface area contributed by atoms with Gasteiger partial charge in [0.15, 0.2) is 0 Å². The molecule has 0 radical (unpaired) electrons. The number of rotatable bonds is 8. The van der Waals surface area contributed by atoms with E-state index in [0.717, 1.165) is 55.7 Å². The molecule has 0 aromatic heterocycles. The predicted octanol–water partition coefficient (Wildman–Crippen LogP) is 3.34. The minimum Gasteiger partial charge on any atom is -0.497 e. The summed E-state index contributed by atoms with van der Waals surface area (Å²) in [5.41, 5.74) is 1.18. The summed E-state index contributed by atoms with van der Waals surface area (Å²) in [5, 5.41) is 1.97. The van der Waals surface area contributed by atoms with Gasteiger partial charge in [-0.15, -0.1) is 0 Å². The monoisotopic (exact) mass is 439 g/mol. The largest absolute Gasteiger partial charge is 0.497 e. The zero-order valence-electron chi connectivity index (χ0n) is 17.8. The van der Waals surface area contributed by atoms with Crippen molar-refractivity contribution in [1.82, 2.24) is 9.62 Å². The maximum absolute atomic E-state index is 12.6. The Bertz CT molecular complexity index is 1130. The van der Waals surface area contributed by atoms with Gasteiger partial charge in [-0.3, -0.25) is 4.90 Å². The van der Waals surface area contributed by atoms with Crippen LogP contribution in [0.2, 0.25) is 0 Å². The lowest BCUT2D eigenvalue weighted by molar-refractivity contribution is 0.255. The van der Waals surface area contributed by atoms with Gasteiger partial charge in [0, 0.05) is 44.5 Å². The van der Waals surface area contributed by atoms with Crippen molar-refractivity contribution in [1.29, 1.82) is 0 Å². The van der Waals surface area contributed by atoms with Crippen molar-refractivity contribution in [2.75, 3.05) is 51.3 Å². The average Bonchev–Trinajstić information content (AvgIpc) is 2.82. The number of nitrogens with zero attached hydrogens (tertiary/aromatic N) is 2. The first kappa shape index (κ1) is 21.6. The zero-order chi connectivity index (χ0) is 21.7. The van der Waals surface area contributed by atoms with Gasteiger partial charge in [0.25, 0.3) is 0 Å². The number of anilines is 1. The minimum atomic E-state index is -3.49. The van der Waals surface area contributed by atoms with Crippen molar-refractivity contribution in [3.05, 3.63) is 66.7 Å². The summed E-state index contributed by atoms with van der Waals surface area (Å²) in [7, 11) is -1.81. The summed E-state index contributed by atoms with van der Waals surface area (Å²) in [5.74, 6) is 0.874. The molecule has 0 atom stereocenters. The summed E-state index contributed by atoms with van der Waals surface area (Å²) < 4.78 is 33.3. The third-order valence-electron chi connectivity index (χ3n) is 5.77. The molecule has 1 heterocycles. The molecule has 0 amide bonds. The summed E-state index contributed by atoms with van der Waals surface area (Å²) in [6.07, 6.45) is 0.784. The molecular weight excluding hydrogens is 410 g/mol. The number of sulfonamides is 1. The summed E-state index contributed by atoms with van der Waals surface area (Å²) in [6, 6.07) is 21.2. The molecule has 3 aromatic rings. The minimum absolute atomic E-state index is 0.318. The first-order valence-corrected chi connectivity index (χ1v) is 12.1. The molecule has 0 unspecified atom stereocenters. The van der Waals surface area contributed by atoms with Crippen LogP contribution in [0.15, 0.2) is 71.6 Å². The van der Waals surface area contributed by atoms with Crippen molar-refractivity contribution < 1.29 is 13.2 Å². The van der Waals surface area contributed by atoms with Crippen LogP contribution < -0.4 is 14.4 Å². The Kier molecular flexibility index (Phi) is 6.75. The lowest BCUT2D eigenvalue weighted by Gasteiger charge is -2.36. The van der Waals surface area contributed by atoms with Crippen LogP contribution in [-0.2, 0) is 10.0 Å². The van der Waals surface area contributed by atoms with Crippen LogP contribution in [0.25, 0.3) is 10.8 Å². The molecule has 7 heteroatoms. The van der Waals surface area contributed by atoms with E-state index >= 15 is 0 Å². The van der Waals surface area contributed by atoms with Gasteiger partial charge in [0.1, 0.15) is 5.75 Å². The Morgan fingerprint density at radius 1 is 0.903 bits per heavy atom. The van der Waals surface area contributed by atoms with Gasteiger partial charge in [-0.2, -0.15) is 0 Å². The highest BCUT2D eigenvalue weighted by molar-refractivity contribution is 7.89. The molecule has 3 aromatic carbocycles. The van der Waals surface area contributed by atoms with Crippen molar-refractivity contribution in [3.8, 4) is 5.75 Å². The first-order chi connectivity index (χ1) is 15.0. The van der Waals surface area contributed by atoms with Gasteiger partial charge in [0.2, 0.25) is 10.0 Å². The van der Waals surface area contributed by atoms with Crippen molar-refractivity contribution in [3.63, 3.8) is 0 Å². The Morgan fingerprint density at radius 2 is 1.68 bits per heavy atom. The number of benzene rings is 3. The number of hydrogen-bond acceptors (Lipinski definition) is 5. The molecule has 164 valence electrons. The summed E-state index contributed by atoms with van der Waals surface area (Å²) >= 11 is 0. The Hall–Kier alpha value is -2.61. The molecule has 6 nitrogen and oxygen atoms in total. The van der Waals surface area contributed by atoms with E-state index in [2.05, 4.69) is 26.7 Å². The van der Waals surface area contributed by atoms with Gasteiger partial charge in [0.05, 0.1) is 12.0 Å². The molecule has 31 heavy (non-hydrogen) atoms. The van der Waals surface area contributed by atoms with Gasteiger partial charge < -0.3 is 9.64 Å². The Balaban J connectivity index is 1.23. The molecule has 0 spiro atoms. The molecule has 0 aliphatic carbocycles. The molecule has 0 saturated carbocycles. The highest BCUT2D eigenvalue weighted by atomic mass is 32.2. The van der Waals surface area contributed by atoms with Gasteiger partial charge in [-0.25, -0.2) is 13.1 Å². The molecule has 1 saturated heterocycles. The van der Waals surface area contributed by atoms with Crippen molar-refractivity contribution in [2.24, 2.45) is 0 Å². The van der Waals surface area contributed by atoms with Crippen molar-refractivity contribution in [2.45, 2.75) is 11.3 Å². The second-order valence-electron chi connectivity index (χ2n) is 7.79. The van der Waals surface area contributed by atoms with E-state index in [0.29, 0.717) is 11.4 Å². The normalized spacial score (nSPS) is 15.3. The number of methoxy groups -OCH3 is 1. The quantitative estimate of drug-likeness (QED) is 0.546. The Morgan fingerprint density at radius 3 is 2.45 bits per heavy atom. The number of fused-ring (bicyclic) bond motifs is 1. The zero-order valence-corrected chi connectivity index (χ0v) is 18.6. The smallest absolute Gasteiger partial charge is 0.240 e. The molecule has 1 aliphatic rings. The van der Waals surface area contributed by atoms with E-state index in [1.807, 2.05) is 42.5 Å². The number of hydrogen-bond donors (Lipinski definition) is 1. The molecular formula is C24H29N3O3S. The number of nitrogens with one attached hydrogen (secondary N) is 1. The SMILES string of the molecule is COc1cccc(N2CCN(CCCNS(=O)(=O)c3ccc4ccccc4c3)CC2)c1. The second kappa shape index (κ2) is 9.68. The molecule has 1 fully saturated rings. The lowest BCUT2D eigenvalue weighted by Crippen LogP contribution is -2.47. The molecule has 0 bridgehead atoms. The lowest BCUT2D eigenvalue weighted by atomic mass is 10.1. The van der Waals surface area contributed by atoms with Gasteiger partial charge in [-0.05, 0) is 48.0 Å². The van der Waals surface area contributed by atoms with Crippen LogP contribution in [0.3, 0.4) is 0 Å². The van der Waals surface area contributed by atoms with Gasteiger partial charge >= 0.3 is 0 Å². The predicted molar refractivity (Wildman–Crippen MR) is 125 cm³/mol. The topological polar surface area (TPSA) is 61.9 Å². The highest BCUT2D eigenvalue weighted by Gasteiger charge is 2.18. The molecule has 4 rings (SSSR count). The van der Waals surface area contributed by atoms with Crippen molar-refractivity contribution >= 4 is 26.5 Å². The standard InChI is InChI=1S/C24H29N3O3S/c1-30-23-9-4-8-22(19-23)27-16-14-26(15-17-27)13-5-12-25-31(28,29)24-11-10-20-6-2-3-7-21(20)18-24/h2-4,6-11,18-19,25H,5,12-17H2,1H3. The van der Waals surface area contributed by atoms with Gasteiger partial charge in [-0.1, -0.05) is 36.4 Å². The number of ether oxygens (including phenoxy) is 1. The maximum Gasteiger partial charge on any atom is 0.240 e. The summed E-state index contributed by atoms with van der Waals surface area (Å²) in [6.45, 7) is 5.16. The fraction of sp³-hybridized carbons (Fsp3) is 0.333. The van der Waals surface area contributed by atoms with Crippen LogP contribution >= 0.6 is 0 Å². The number of piperazine rings is 1.